The topological polar surface area (TPSA) is 28.7 Å². The van der Waals surface area contributed by atoms with Crippen LogP contribution >= 0.6 is 0 Å². The average molecular weight is 204 g/mol. The van der Waals surface area contributed by atoms with E-state index in [-0.39, 0.29) is 0 Å². The molecule has 0 fully saturated rings. The van der Waals surface area contributed by atoms with Crippen molar-refractivity contribution in [1.29, 1.82) is 5.26 Å². The van der Waals surface area contributed by atoms with Crippen LogP contribution in [0.2, 0.25) is 0 Å². The van der Waals surface area contributed by atoms with Crippen LogP contribution in [0.3, 0.4) is 0 Å². The first kappa shape index (κ1) is 11.8. The van der Waals surface area contributed by atoms with Crippen LogP contribution in [0.5, 0.6) is 0 Å². The van der Waals surface area contributed by atoms with E-state index in [0.717, 1.165) is 31.0 Å². The highest BCUT2D eigenvalue weighted by Gasteiger charge is 2.07. The van der Waals surface area contributed by atoms with Gasteiger partial charge in [-0.25, -0.2) is 0 Å². The van der Waals surface area contributed by atoms with Gasteiger partial charge in [-0.2, -0.15) is 5.26 Å². The van der Waals surface area contributed by atoms with Gasteiger partial charge < -0.3 is 4.57 Å². The van der Waals surface area contributed by atoms with Crippen LogP contribution in [-0.4, -0.2) is 4.57 Å². The zero-order valence-corrected chi connectivity index (χ0v) is 9.95. The summed E-state index contributed by atoms with van der Waals surface area (Å²) in [5, 5.41) is 8.96. The van der Waals surface area contributed by atoms with E-state index in [4.69, 9.17) is 5.26 Å². The van der Waals surface area contributed by atoms with Crippen LogP contribution < -0.4 is 0 Å². The summed E-state index contributed by atoms with van der Waals surface area (Å²) >= 11 is 0. The fraction of sp³-hybridized carbons (Fsp3) is 0.615. The molecular formula is C13H20N2. The van der Waals surface area contributed by atoms with Crippen LogP contribution in [0.15, 0.2) is 12.1 Å². The number of rotatable bonds is 5. The standard InChI is InChI=1S/C13H20N2/c1-4-9-15-12(6-5-11(2)3)7-8-13(15)10-14/h7-8,11H,4-6,9H2,1-3H3. The van der Waals surface area contributed by atoms with Gasteiger partial charge in [0.1, 0.15) is 11.8 Å². The van der Waals surface area contributed by atoms with E-state index in [9.17, 15) is 0 Å². The Labute approximate surface area is 92.5 Å². The Morgan fingerprint density at radius 1 is 1.40 bits per heavy atom. The number of aryl methyl sites for hydroxylation is 1. The molecule has 1 aromatic rings. The molecule has 0 atom stereocenters. The monoisotopic (exact) mass is 204 g/mol. The van der Waals surface area contributed by atoms with Crippen molar-refractivity contribution in [3.8, 4) is 6.07 Å². The third-order valence-electron chi connectivity index (χ3n) is 2.61. The van der Waals surface area contributed by atoms with Crippen LogP contribution in [0, 0.1) is 17.2 Å². The first-order valence-corrected chi connectivity index (χ1v) is 5.77. The predicted octanol–water partition coefficient (Wildman–Crippen LogP) is 3.36. The molecule has 0 spiro atoms. The minimum atomic E-state index is 0.723. The molecule has 1 rings (SSSR count). The van der Waals surface area contributed by atoms with Gasteiger partial charge in [-0.3, -0.25) is 0 Å². The van der Waals surface area contributed by atoms with Crippen LogP contribution in [-0.2, 0) is 13.0 Å². The highest BCUT2D eigenvalue weighted by atomic mass is 15.0. The van der Waals surface area contributed by atoms with Crippen molar-refractivity contribution in [2.24, 2.45) is 5.92 Å². The molecule has 1 heterocycles. The summed E-state index contributed by atoms with van der Waals surface area (Å²) in [4.78, 5) is 0. The maximum Gasteiger partial charge on any atom is 0.120 e. The third-order valence-corrected chi connectivity index (χ3v) is 2.61. The van der Waals surface area contributed by atoms with Crippen molar-refractivity contribution in [1.82, 2.24) is 4.57 Å². The van der Waals surface area contributed by atoms with Gasteiger partial charge in [-0.1, -0.05) is 20.8 Å². The maximum atomic E-state index is 8.96. The van der Waals surface area contributed by atoms with Crippen molar-refractivity contribution in [2.45, 2.75) is 46.6 Å². The maximum absolute atomic E-state index is 8.96. The number of hydrogen-bond donors (Lipinski definition) is 0. The summed E-state index contributed by atoms with van der Waals surface area (Å²) in [7, 11) is 0. The molecule has 0 unspecified atom stereocenters. The molecule has 0 aliphatic heterocycles. The highest BCUT2D eigenvalue weighted by Crippen LogP contribution is 2.14. The summed E-state index contributed by atoms with van der Waals surface area (Å²) in [5.74, 6) is 0.723. The van der Waals surface area contributed by atoms with E-state index in [1.165, 1.54) is 12.1 Å². The van der Waals surface area contributed by atoms with E-state index in [0.29, 0.717) is 0 Å². The van der Waals surface area contributed by atoms with E-state index in [2.05, 4.69) is 37.5 Å². The molecule has 0 radical (unpaired) electrons. The first-order chi connectivity index (χ1) is 7.19. The zero-order valence-electron chi connectivity index (χ0n) is 9.95. The van der Waals surface area contributed by atoms with Gasteiger partial charge in [0.15, 0.2) is 0 Å². The molecule has 15 heavy (non-hydrogen) atoms. The summed E-state index contributed by atoms with van der Waals surface area (Å²) in [6.07, 6.45) is 3.36. The highest BCUT2D eigenvalue weighted by molar-refractivity contribution is 5.27. The molecule has 82 valence electrons. The molecule has 0 amide bonds. The molecule has 0 saturated heterocycles. The SMILES string of the molecule is CCCn1c(C#N)ccc1CCC(C)C. The van der Waals surface area contributed by atoms with E-state index in [1.54, 1.807) is 0 Å². The minimum absolute atomic E-state index is 0.723. The molecule has 0 saturated carbocycles. The Morgan fingerprint density at radius 3 is 2.67 bits per heavy atom. The van der Waals surface area contributed by atoms with Crippen molar-refractivity contribution in [3.63, 3.8) is 0 Å². The lowest BCUT2D eigenvalue weighted by Gasteiger charge is -2.10. The zero-order chi connectivity index (χ0) is 11.3. The van der Waals surface area contributed by atoms with Gasteiger partial charge >= 0.3 is 0 Å². The van der Waals surface area contributed by atoms with Crippen molar-refractivity contribution in [2.75, 3.05) is 0 Å². The van der Waals surface area contributed by atoms with E-state index < -0.39 is 0 Å². The lowest BCUT2D eigenvalue weighted by molar-refractivity contribution is 0.556. The molecule has 0 N–H and O–H groups in total. The number of hydrogen-bond acceptors (Lipinski definition) is 1. The molecular weight excluding hydrogens is 184 g/mol. The Morgan fingerprint density at radius 2 is 2.13 bits per heavy atom. The Balaban J connectivity index is 2.78. The predicted molar refractivity (Wildman–Crippen MR) is 62.6 cm³/mol. The third kappa shape index (κ3) is 3.13. The summed E-state index contributed by atoms with van der Waals surface area (Å²) in [6.45, 7) is 7.58. The van der Waals surface area contributed by atoms with Gasteiger partial charge in [0.2, 0.25) is 0 Å². The smallest absolute Gasteiger partial charge is 0.120 e. The van der Waals surface area contributed by atoms with Gasteiger partial charge in [-0.15, -0.1) is 0 Å². The van der Waals surface area contributed by atoms with Crippen LogP contribution in [0.25, 0.3) is 0 Å². The molecule has 0 aliphatic carbocycles. The number of nitriles is 1. The van der Waals surface area contributed by atoms with Crippen molar-refractivity contribution >= 4 is 0 Å². The molecule has 2 nitrogen and oxygen atoms in total. The lowest BCUT2D eigenvalue weighted by atomic mass is 10.1. The Kier molecular flexibility index (Phi) is 4.42. The molecule has 0 aliphatic rings. The average Bonchev–Trinajstić information content (AvgIpc) is 2.58. The quantitative estimate of drug-likeness (QED) is 0.723. The van der Waals surface area contributed by atoms with Gasteiger partial charge in [-0.05, 0) is 37.3 Å². The fourth-order valence-corrected chi connectivity index (χ4v) is 1.75. The molecule has 0 aromatic carbocycles. The molecule has 2 heteroatoms. The second-order valence-corrected chi connectivity index (χ2v) is 4.41. The Bertz CT molecular complexity index is 342. The fourth-order valence-electron chi connectivity index (χ4n) is 1.75. The lowest BCUT2D eigenvalue weighted by Crippen LogP contribution is -2.05. The van der Waals surface area contributed by atoms with Crippen LogP contribution in [0.1, 0.15) is 45.0 Å². The van der Waals surface area contributed by atoms with E-state index in [1.807, 2.05) is 6.07 Å². The summed E-state index contributed by atoms with van der Waals surface area (Å²) in [6, 6.07) is 6.28. The number of nitrogens with zero attached hydrogens (tertiary/aromatic N) is 2. The molecule has 0 bridgehead atoms. The first-order valence-electron chi connectivity index (χ1n) is 5.77. The van der Waals surface area contributed by atoms with Gasteiger partial charge in [0.25, 0.3) is 0 Å². The van der Waals surface area contributed by atoms with Crippen molar-refractivity contribution < 1.29 is 0 Å². The number of aromatic nitrogens is 1. The largest absolute Gasteiger partial charge is 0.337 e. The summed E-state index contributed by atoms with van der Waals surface area (Å²) in [5.41, 5.74) is 2.11. The second kappa shape index (κ2) is 5.60. The normalized spacial score (nSPS) is 10.6. The van der Waals surface area contributed by atoms with Gasteiger partial charge in [0.05, 0.1) is 0 Å². The molecule has 1 aromatic heterocycles. The Hall–Kier alpha value is -1.23. The van der Waals surface area contributed by atoms with Gasteiger partial charge in [0, 0.05) is 12.2 Å². The van der Waals surface area contributed by atoms with Crippen molar-refractivity contribution in [3.05, 3.63) is 23.5 Å². The summed E-state index contributed by atoms with van der Waals surface area (Å²) < 4.78 is 2.16. The van der Waals surface area contributed by atoms with Crippen LogP contribution in [0.4, 0.5) is 0 Å². The van der Waals surface area contributed by atoms with E-state index >= 15 is 0 Å². The second-order valence-electron chi connectivity index (χ2n) is 4.41. The minimum Gasteiger partial charge on any atom is -0.337 e.